The minimum atomic E-state index is 0.309. The zero-order valence-electron chi connectivity index (χ0n) is 12.8. The van der Waals surface area contributed by atoms with Crippen LogP contribution in [0.3, 0.4) is 0 Å². The van der Waals surface area contributed by atoms with Gasteiger partial charge in [-0.1, -0.05) is 26.7 Å². The fourth-order valence-electron chi connectivity index (χ4n) is 2.30. The monoisotopic (exact) mass is 265 g/mol. The van der Waals surface area contributed by atoms with Crippen LogP contribution in [0.4, 0.5) is 0 Å². The van der Waals surface area contributed by atoms with Gasteiger partial charge in [0.05, 0.1) is 14.2 Å². The van der Waals surface area contributed by atoms with Gasteiger partial charge in [0.25, 0.3) is 0 Å². The summed E-state index contributed by atoms with van der Waals surface area (Å²) in [7, 11) is 5.41. The third-order valence-corrected chi connectivity index (χ3v) is 3.44. The van der Waals surface area contributed by atoms with Crippen LogP contribution >= 0.6 is 0 Å². The van der Waals surface area contributed by atoms with Crippen molar-refractivity contribution in [3.8, 4) is 11.5 Å². The van der Waals surface area contributed by atoms with Gasteiger partial charge in [-0.3, -0.25) is 0 Å². The van der Waals surface area contributed by atoms with Crippen LogP contribution in [0.1, 0.15) is 44.7 Å². The van der Waals surface area contributed by atoms with E-state index in [4.69, 9.17) is 9.47 Å². The zero-order chi connectivity index (χ0) is 14.3. The van der Waals surface area contributed by atoms with Gasteiger partial charge in [0.1, 0.15) is 11.5 Å². The maximum Gasteiger partial charge on any atom is 0.123 e. The van der Waals surface area contributed by atoms with Crippen LogP contribution in [0.5, 0.6) is 11.5 Å². The van der Waals surface area contributed by atoms with Crippen LogP contribution in [0.2, 0.25) is 0 Å². The molecule has 0 spiro atoms. The van der Waals surface area contributed by atoms with Crippen LogP contribution in [0.15, 0.2) is 18.2 Å². The smallest absolute Gasteiger partial charge is 0.123 e. The Bertz CT molecular complexity index is 377. The summed E-state index contributed by atoms with van der Waals surface area (Å²) in [6.45, 7) is 4.53. The van der Waals surface area contributed by atoms with Gasteiger partial charge < -0.3 is 14.8 Å². The molecule has 108 valence electrons. The molecule has 3 heteroatoms. The molecule has 0 aliphatic heterocycles. The lowest BCUT2D eigenvalue weighted by atomic mass is 9.97. The lowest BCUT2D eigenvalue weighted by Crippen LogP contribution is -2.17. The first kappa shape index (κ1) is 15.8. The maximum atomic E-state index is 5.46. The van der Waals surface area contributed by atoms with Gasteiger partial charge in [-0.15, -0.1) is 0 Å². The average Bonchev–Trinajstić information content (AvgIpc) is 2.42. The van der Waals surface area contributed by atoms with Crippen molar-refractivity contribution in [2.75, 3.05) is 21.3 Å². The van der Waals surface area contributed by atoms with Crippen LogP contribution in [0, 0.1) is 5.92 Å². The Morgan fingerprint density at radius 3 is 2.37 bits per heavy atom. The molecule has 0 heterocycles. The van der Waals surface area contributed by atoms with E-state index in [-0.39, 0.29) is 0 Å². The summed E-state index contributed by atoms with van der Waals surface area (Å²) in [5, 5.41) is 3.38. The Morgan fingerprint density at radius 1 is 1.11 bits per heavy atom. The number of hydrogen-bond donors (Lipinski definition) is 1. The van der Waals surface area contributed by atoms with Crippen molar-refractivity contribution < 1.29 is 9.47 Å². The van der Waals surface area contributed by atoms with Crippen molar-refractivity contribution >= 4 is 0 Å². The van der Waals surface area contributed by atoms with E-state index in [1.807, 2.05) is 19.2 Å². The number of ether oxygens (including phenoxy) is 2. The SMILES string of the molecule is CNC(CCCC(C)C)c1cc(OC)ccc1OC. The molecule has 1 N–H and O–H groups in total. The number of rotatable bonds is 8. The molecule has 1 aromatic rings. The first-order valence-electron chi connectivity index (χ1n) is 7.01. The lowest BCUT2D eigenvalue weighted by Gasteiger charge is -2.20. The standard InChI is InChI=1S/C16H27NO2/c1-12(2)7-6-8-15(17-3)14-11-13(18-4)9-10-16(14)19-5/h9-12,15,17H,6-8H2,1-5H3. The molecule has 1 rings (SSSR count). The van der Waals surface area contributed by atoms with Gasteiger partial charge in [0.2, 0.25) is 0 Å². The first-order chi connectivity index (χ1) is 9.12. The maximum absolute atomic E-state index is 5.46. The quantitative estimate of drug-likeness (QED) is 0.775. The molecule has 3 nitrogen and oxygen atoms in total. The topological polar surface area (TPSA) is 30.5 Å². The molecule has 1 aromatic carbocycles. The Hall–Kier alpha value is -1.22. The summed E-state index contributed by atoms with van der Waals surface area (Å²) in [5.41, 5.74) is 1.17. The van der Waals surface area contributed by atoms with E-state index < -0.39 is 0 Å². The van der Waals surface area contributed by atoms with Crippen LogP contribution in [0.25, 0.3) is 0 Å². The van der Waals surface area contributed by atoms with Crippen LogP contribution in [-0.4, -0.2) is 21.3 Å². The van der Waals surface area contributed by atoms with Crippen molar-refractivity contribution in [2.45, 2.75) is 39.2 Å². The molecule has 0 radical (unpaired) electrons. The summed E-state index contributed by atoms with van der Waals surface area (Å²) >= 11 is 0. The van der Waals surface area contributed by atoms with Crippen LogP contribution < -0.4 is 14.8 Å². The largest absolute Gasteiger partial charge is 0.497 e. The Balaban J connectivity index is 2.83. The van der Waals surface area contributed by atoms with E-state index in [1.165, 1.54) is 18.4 Å². The molecule has 1 unspecified atom stereocenters. The predicted octanol–water partition coefficient (Wildman–Crippen LogP) is 3.79. The summed E-state index contributed by atoms with van der Waals surface area (Å²) in [6, 6.07) is 6.28. The zero-order valence-corrected chi connectivity index (χ0v) is 12.8. The van der Waals surface area contributed by atoms with Gasteiger partial charge in [-0.05, 0) is 37.6 Å². The van der Waals surface area contributed by atoms with E-state index in [1.54, 1.807) is 14.2 Å². The molecular formula is C16H27NO2. The van der Waals surface area contributed by atoms with E-state index in [0.29, 0.717) is 6.04 Å². The second kappa shape index (κ2) is 8.05. The Kier molecular flexibility index (Phi) is 6.71. The lowest BCUT2D eigenvalue weighted by molar-refractivity contribution is 0.385. The molecule has 0 aromatic heterocycles. The summed E-state index contributed by atoms with van der Waals surface area (Å²) < 4.78 is 10.8. The van der Waals surface area contributed by atoms with Gasteiger partial charge in [-0.25, -0.2) is 0 Å². The van der Waals surface area contributed by atoms with Crippen molar-refractivity contribution in [3.05, 3.63) is 23.8 Å². The third-order valence-electron chi connectivity index (χ3n) is 3.44. The molecule has 0 saturated carbocycles. The number of nitrogens with one attached hydrogen (secondary N) is 1. The molecular weight excluding hydrogens is 238 g/mol. The van der Waals surface area contributed by atoms with E-state index in [9.17, 15) is 0 Å². The molecule has 0 saturated heterocycles. The highest BCUT2D eigenvalue weighted by molar-refractivity contribution is 5.42. The molecule has 0 bridgehead atoms. The second-order valence-corrected chi connectivity index (χ2v) is 5.27. The summed E-state index contributed by atoms with van der Waals surface area (Å²) in [4.78, 5) is 0. The molecule has 1 atom stereocenters. The Morgan fingerprint density at radius 2 is 1.84 bits per heavy atom. The first-order valence-corrected chi connectivity index (χ1v) is 7.01. The number of methoxy groups -OCH3 is 2. The van der Waals surface area contributed by atoms with Gasteiger partial charge in [0.15, 0.2) is 0 Å². The van der Waals surface area contributed by atoms with E-state index >= 15 is 0 Å². The van der Waals surface area contributed by atoms with Crippen LogP contribution in [-0.2, 0) is 0 Å². The van der Waals surface area contributed by atoms with Gasteiger partial charge in [-0.2, -0.15) is 0 Å². The molecule has 0 fully saturated rings. The summed E-state index contributed by atoms with van der Waals surface area (Å²) in [6.07, 6.45) is 3.58. The fraction of sp³-hybridized carbons (Fsp3) is 0.625. The number of benzene rings is 1. The van der Waals surface area contributed by atoms with E-state index in [0.717, 1.165) is 23.8 Å². The molecule has 0 aliphatic carbocycles. The molecule has 19 heavy (non-hydrogen) atoms. The normalized spacial score (nSPS) is 12.5. The predicted molar refractivity (Wildman–Crippen MR) is 80.0 cm³/mol. The highest BCUT2D eigenvalue weighted by Gasteiger charge is 2.15. The minimum absolute atomic E-state index is 0.309. The van der Waals surface area contributed by atoms with Crippen molar-refractivity contribution in [1.82, 2.24) is 5.32 Å². The van der Waals surface area contributed by atoms with Crippen molar-refractivity contribution in [3.63, 3.8) is 0 Å². The Labute approximate surface area is 117 Å². The highest BCUT2D eigenvalue weighted by atomic mass is 16.5. The van der Waals surface area contributed by atoms with Gasteiger partial charge >= 0.3 is 0 Å². The van der Waals surface area contributed by atoms with Crippen molar-refractivity contribution in [2.24, 2.45) is 5.92 Å². The van der Waals surface area contributed by atoms with Crippen molar-refractivity contribution in [1.29, 1.82) is 0 Å². The van der Waals surface area contributed by atoms with Gasteiger partial charge in [0, 0.05) is 11.6 Å². The molecule has 0 aliphatic rings. The third kappa shape index (κ3) is 4.75. The summed E-state index contributed by atoms with van der Waals surface area (Å²) in [5.74, 6) is 2.55. The minimum Gasteiger partial charge on any atom is -0.497 e. The average molecular weight is 265 g/mol. The van der Waals surface area contributed by atoms with E-state index in [2.05, 4.69) is 25.2 Å². The highest BCUT2D eigenvalue weighted by Crippen LogP contribution is 2.32. The fourth-order valence-corrected chi connectivity index (χ4v) is 2.30. The second-order valence-electron chi connectivity index (χ2n) is 5.27. The number of hydrogen-bond acceptors (Lipinski definition) is 3. The molecule has 0 amide bonds.